The smallest absolute Gasteiger partial charge is 0.257 e. The Kier molecular flexibility index (Phi) is 7.04. The molecule has 0 spiro atoms. The van der Waals surface area contributed by atoms with Crippen molar-refractivity contribution in [1.82, 2.24) is 14.5 Å². The fraction of sp³-hybridized carbons (Fsp3) is 0.240. The van der Waals surface area contributed by atoms with Crippen molar-refractivity contribution in [3.63, 3.8) is 0 Å². The van der Waals surface area contributed by atoms with Gasteiger partial charge in [-0.2, -0.15) is 0 Å². The lowest BCUT2D eigenvalue weighted by Crippen LogP contribution is -2.12. The van der Waals surface area contributed by atoms with Gasteiger partial charge in [-0.3, -0.25) is 10.1 Å². The molecule has 4 rings (SSSR count). The van der Waals surface area contributed by atoms with Crippen LogP contribution in [-0.2, 0) is 7.05 Å². The Bertz CT molecular complexity index is 1230. The number of ether oxygens (including phenoxy) is 2. The highest BCUT2D eigenvalue weighted by Crippen LogP contribution is 2.38. The standard InChI is InChI=1S/C25H26N4O3S/c1-4-15-32-19-12-11-18(16-20(19)31-5-2)24(30)28-25-27-21(17-9-7-6-8-10-17)22(33-25)23-26-13-14-29(23)3/h6-14,16H,4-5,15H2,1-3H3,(H,27,28,30). The number of aromatic nitrogens is 3. The number of carbonyl (C=O) groups excluding carboxylic acids is 1. The largest absolute Gasteiger partial charge is 0.490 e. The summed E-state index contributed by atoms with van der Waals surface area (Å²) >= 11 is 1.40. The minimum absolute atomic E-state index is 0.266. The van der Waals surface area contributed by atoms with E-state index >= 15 is 0 Å². The van der Waals surface area contributed by atoms with Crippen LogP contribution in [0.1, 0.15) is 30.6 Å². The first-order valence-electron chi connectivity index (χ1n) is 10.9. The zero-order valence-electron chi connectivity index (χ0n) is 18.9. The maximum absolute atomic E-state index is 13.0. The van der Waals surface area contributed by atoms with Crippen LogP contribution in [0, 0.1) is 0 Å². The third-order valence-electron chi connectivity index (χ3n) is 4.89. The van der Waals surface area contributed by atoms with Crippen LogP contribution >= 0.6 is 11.3 Å². The van der Waals surface area contributed by atoms with Crippen molar-refractivity contribution in [1.29, 1.82) is 0 Å². The molecule has 0 aliphatic rings. The molecular formula is C25H26N4O3S. The van der Waals surface area contributed by atoms with E-state index in [1.807, 2.05) is 62.0 Å². The molecule has 0 saturated carbocycles. The molecule has 1 N–H and O–H groups in total. The van der Waals surface area contributed by atoms with E-state index in [2.05, 4.69) is 10.3 Å². The molecule has 0 bridgehead atoms. The molecule has 2 aromatic heterocycles. The molecule has 8 heteroatoms. The first-order chi connectivity index (χ1) is 16.1. The number of amides is 1. The van der Waals surface area contributed by atoms with Crippen molar-refractivity contribution >= 4 is 22.4 Å². The van der Waals surface area contributed by atoms with Crippen LogP contribution in [0.2, 0.25) is 0 Å². The number of hydrogen-bond acceptors (Lipinski definition) is 6. The summed E-state index contributed by atoms with van der Waals surface area (Å²) in [7, 11) is 1.94. The number of imidazole rings is 1. The quantitative estimate of drug-likeness (QED) is 0.348. The van der Waals surface area contributed by atoms with E-state index in [1.54, 1.807) is 24.4 Å². The Morgan fingerprint density at radius 2 is 1.91 bits per heavy atom. The molecule has 0 fully saturated rings. The van der Waals surface area contributed by atoms with E-state index in [0.29, 0.717) is 35.4 Å². The van der Waals surface area contributed by atoms with Gasteiger partial charge in [0.25, 0.3) is 5.91 Å². The van der Waals surface area contributed by atoms with Gasteiger partial charge in [0.1, 0.15) is 0 Å². The molecule has 2 heterocycles. The Labute approximate surface area is 197 Å². The molecule has 0 aliphatic carbocycles. The number of benzene rings is 2. The molecule has 0 saturated heterocycles. The fourth-order valence-corrected chi connectivity index (χ4v) is 4.34. The van der Waals surface area contributed by atoms with Crippen LogP contribution in [0.3, 0.4) is 0 Å². The number of hydrogen-bond donors (Lipinski definition) is 1. The molecular weight excluding hydrogens is 436 g/mol. The Morgan fingerprint density at radius 3 is 2.61 bits per heavy atom. The minimum atomic E-state index is -0.266. The topological polar surface area (TPSA) is 78.3 Å². The summed E-state index contributed by atoms with van der Waals surface area (Å²) in [6.45, 7) is 5.01. The third-order valence-corrected chi connectivity index (χ3v) is 5.85. The molecule has 170 valence electrons. The Morgan fingerprint density at radius 1 is 1.09 bits per heavy atom. The predicted molar refractivity (Wildman–Crippen MR) is 131 cm³/mol. The second kappa shape index (κ2) is 10.3. The van der Waals surface area contributed by atoms with Crippen molar-refractivity contribution in [2.75, 3.05) is 18.5 Å². The second-order valence-electron chi connectivity index (χ2n) is 7.32. The summed E-state index contributed by atoms with van der Waals surface area (Å²) in [6.07, 6.45) is 4.53. The van der Waals surface area contributed by atoms with Gasteiger partial charge in [-0.25, -0.2) is 9.97 Å². The number of nitrogens with one attached hydrogen (secondary N) is 1. The number of anilines is 1. The highest BCUT2D eigenvalue weighted by molar-refractivity contribution is 7.19. The molecule has 1 amide bonds. The lowest BCUT2D eigenvalue weighted by molar-refractivity contribution is 0.102. The van der Waals surface area contributed by atoms with Crippen molar-refractivity contribution in [2.24, 2.45) is 7.05 Å². The summed E-state index contributed by atoms with van der Waals surface area (Å²) in [4.78, 5) is 23.2. The lowest BCUT2D eigenvalue weighted by atomic mass is 10.1. The van der Waals surface area contributed by atoms with Gasteiger partial charge < -0.3 is 14.0 Å². The number of thiazole rings is 1. The molecule has 7 nitrogen and oxygen atoms in total. The van der Waals surface area contributed by atoms with Gasteiger partial charge in [0, 0.05) is 30.6 Å². The molecule has 2 aromatic carbocycles. The molecule has 4 aromatic rings. The number of nitrogens with zero attached hydrogens (tertiary/aromatic N) is 3. The minimum Gasteiger partial charge on any atom is -0.490 e. The first-order valence-corrected chi connectivity index (χ1v) is 11.7. The van der Waals surface area contributed by atoms with Crippen LogP contribution in [0.15, 0.2) is 60.9 Å². The first kappa shape index (κ1) is 22.5. The summed E-state index contributed by atoms with van der Waals surface area (Å²) in [5.41, 5.74) is 2.21. The van der Waals surface area contributed by atoms with Crippen LogP contribution in [0.25, 0.3) is 22.0 Å². The maximum atomic E-state index is 13.0. The van der Waals surface area contributed by atoms with E-state index < -0.39 is 0 Å². The molecule has 0 atom stereocenters. The van der Waals surface area contributed by atoms with Gasteiger partial charge in [0.15, 0.2) is 22.5 Å². The van der Waals surface area contributed by atoms with Crippen molar-refractivity contribution in [2.45, 2.75) is 20.3 Å². The fourth-order valence-electron chi connectivity index (χ4n) is 3.32. The van der Waals surface area contributed by atoms with Crippen LogP contribution in [-0.4, -0.2) is 33.7 Å². The van der Waals surface area contributed by atoms with E-state index in [0.717, 1.165) is 28.4 Å². The average Bonchev–Trinajstić information content (AvgIpc) is 3.44. The van der Waals surface area contributed by atoms with Crippen LogP contribution in [0.4, 0.5) is 5.13 Å². The van der Waals surface area contributed by atoms with Crippen molar-refractivity contribution in [3.8, 4) is 33.5 Å². The normalized spacial score (nSPS) is 10.8. The summed E-state index contributed by atoms with van der Waals surface area (Å²) in [6, 6.07) is 15.1. The maximum Gasteiger partial charge on any atom is 0.257 e. The zero-order chi connectivity index (χ0) is 23.2. The molecule has 0 unspecified atom stereocenters. The average molecular weight is 463 g/mol. The lowest BCUT2D eigenvalue weighted by Gasteiger charge is -2.12. The van der Waals surface area contributed by atoms with Gasteiger partial charge in [0.2, 0.25) is 0 Å². The van der Waals surface area contributed by atoms with Crippen LogP contribution < -0.4 is 14.8 Å². The number of rotatable bonds is 9. The molecule has 33 heavy (non-hydrogen) atoms. The number of carbonyl (C=O) groups is 1. The van der Waals surface area contributed by atoms with Gasteiger partial charge >= 0.3 is 0 Å². The van der Waals surface area contributed by atoms with Gasteiger partial charge in [0.05, 0.1) is 23.8 Å². The highest BCUT2D eigenvalue weighted by atomic mass is 32.1. The van der Waals surface area contributed by atoms with E-state index in [4.69, 9.17) is 14.5 Å². The van der Waals surface area contributed by atoms with Gasteiger partial charge in [-0.15, -0.1) is 0 Å². The van der Waals surface area contributed by atoms with Crippen molar-refractivity contribution in [3.05, 3.63) is 66.5 Å². The summed E-state index contributed by atoms with van der Waals surface area (Å²) in [5.74, 6) is 1.71. The summed E-state index contributed by atoms with van der Waals surface area (Å²) < 4.78 is 13.4. The molecule has 0 aliphatic heterocycles. The van der Waals surface area contributed by atoms with Gasteiger partial charge in [-0.1, -0.05) is 48.6 Å². The second-order valence-corrected chi connectivity index (χ2v) is 8.32. The number of aryl methyl sites for hydroxylation is 1. The van der Waals surface area contributed by atoms with E-state index in [1.165, 1.54) is 11.3 Å². The van der Waals surface area contributed by atoms with E-state index in [-0.39, 0.29) is 5.91 Å². The highest BCUT2D eigenvalue weighted by Gasteiger charge is 2.20. The van der Waals surface area contributed by atoms with Crippen molar-refractivity contribution < 1.29 is 14.3 Å². The van der Waals surface area contributed by atoms with E-state index in [9.17, 15) is 4.79 Å². The third kappa shape index (κ3) is 5.06. The predicted octanol–water partition coefficient (Wildman–Crippen LogP) is 5.65. The Hall–Kier alpha value is -3.65. The van der Waals surface area contributed by atoms with Gasteiger partial charge in [-0.05, 0) is 31.5 Å². The zero-order valence-corrected chi connectivity index (χ0v) is 19.7. The summed E-state index contributed by atoms with van der Waals surface area (Å²) in [5, 5.41) is 3.44. The SMILES string of the molecule is CCCOc1ccc(C(=O)Nc2nc(-c3ccccc3)c(-c3nccn3C)s2)cc1OCC. The van der Waals surface area contributed by atoms with Crippen LogP contribution in [0.5, 0.6) is 11.5 Å². The Balaban J connectivity index is 1.64. The molecule has 0 radical (unpaired) electrons. The monoisotopic (exact) mass is 462 g/mol.